The van der Waals surface area contributed by atoms with Gasteiger partial charge in [-0.25, -0.2) is 0 Å². The van der Waals surface area contributed by atoms with Gasteiger partial charge in [0.2, 0.25) is 5.91 Å². The number of aliphatic hydroxyl groups excluding tert-OH is 2. The number of hydrogen-bond donors (Lipinski definition) is 3. The number of amides is 2. The first kappa shape index (κ1) is 37.1. The second-order valence-electron chi connectivity index (χ2n) is 11.8. The number of likely N-dealkylation sites (tertiary alicyclic amines) is 1. The summed E-state index contributed by atoms with van der Waals surface area (Å²) in [6.45, 7) is 6.73. The lowest BCUT2D eigenvalue weighted by Crippen LogP contribution is -2.55. The molecular formula is C32H58N2O7. The highest BCUT2D eigenvalue weighted by atomic mass is 16.6. The topological polar surface area (TPSA) is 125 Å². The van der Waals surface area contributed by atoms with E-state index in [-0.39, 0.29) is 18.2 Å². The van der Waals surface area contributed by atoms with Crippen LogP contribution in [0.15, 0.2) is 12.2 Å². The monoisotopic (exact) mass is 582 g/mol. The van der Waals surface area contributed by atoms with E-state index >= 15 is 0 Å². The van der Waals surface area contributed by atoms with Gasteiger partial charge in [0.15, 0.2) is 6.10 Å². The first-order chi connectivity index (χ1) is 19.6. The van der Waals surface area contributed by atoms with Crippen LogP contribution in [0.5, 0.6) is 0 Å². The fraction of sp³-hybridized carbons (Fsp3) is 0.844. The van der Waals surface area contributed by atoms with Gasteiger partial charge in [-0.3, -0.25) is 14.4 Å². The van der Waals surface area contributed by atoms with Crippen LogP contribution in [0.4, 0.5) is 0 Å². The normalized spacial score (nSPS) is 19.2. The van der Waals surface area contributed by atoms with Gasteiger partial charge >= 0.3 is 5.97 Å². The number of ether oxygens (including phenoxy) is 2. The average Bonchev–Trinajstić information content (AvgIpc) is 3.09. The predicted molar refractivity (Wildman–Crippen MR) is 161 cm³/mol. The Balaban J connectivity index is 2.61. The molecule has 41 heavy (non-hydrogen) atoms. The molecule has 0 aliphatic carbocycles. The molecule has 2 amide bonds. The first-order valence-electron chi connectivity index (χ1n) is 15.9. The summed E-state index contributed by atoms with van der Waals surface area (Å²) in [7, 11) is 2.94. The number of carbonyl (C=O) groups excluding carboxylic acids is 3. The van der Waals surface area contributed by atoms with E-state index in [4.69, 9.17) is 9.47 Å². The maximum absolute atomic E-state index is 13.0. The van der Waals surface area contributed by atoms with Crippen molar-refractivity contribution in [1.82, 2.24) is 10.2 Å². The molecule has 5 atom stereocenters. The van der Waals surface area contributed by atoms with E-state index in [1.54, 1.807) is 24.1 Å². The smallest absolute Gasteiger partial charge is 0.306 e. The fourth-order valence-electron chi connectivity index (χ4n) is 5.06. The molecule has 9 heteroatoms. The Morgan fingerprint density at radius 2 is 1.54 bits per heavy atom. The van der Waals surface area contributed by atoms with Gasteiger partial charge in [-0.1, -0.05) is 91.1 Å². The molecule has 9 nitrogen and oxygen atoms in total. The number of rotatable bonds is 21. The highest BCUT2D eigenvalue weighted by Gasteiger charge is 2.39. The zero-order valence-corrected chi connectivity index (χ0v) is 26.3. The summed E-state index contributed by atoms with van der Waals surface area (Å²) in [5, 5.41) is 24.6. The number of unbranched alkanes of at least 4 members (excludes halogenated alkanes) is 10. The largest absolute Gasteiger partial charge is 0.455 e. The lowest BCUT2D eigenvalue weighted by atomic mass is 10.00. The minimum absolute atomic E-state index is 0.118. The van der Waals surface area contributed by atoms with E-state index in [2.05, 4.69) is 12.2 Å². The van der Waals surface area contributed by atoms with Gasteiger partial charge in [-0.05, 0) is 37.7 Å². The van der Waals surface area contributed by atoms with Crippen LogP contribution in [0, 0.1) is 5.92 Å². The van der Waals surface area contributed by atoms with Crippen LogP contribution in [-0.4, -0.2) is 84.1 Å². The van der Waals surface area contributed by atoms with E-state index in [9.17, 15) is 24.6 Å². The molecule has 0 aromatic heterocycles. The number of aliphatic hydroxyl groups is 2. The maximum atomic E-state index is 13.0. The van der Waals surface area contributed by atoms with Gasteiger partial charge in [0, 0.05) is 27.1 Å². The number of esters is 1. The SMILES string of the molecule is CCCCCCCCCCCCCC(=O)O[C@H](/C=C/C(C)C)[C@@H](O)[C@@H](O)[C@@H](OC)C(=O)N[C@@H]1CCCCN(C)C1=O. The summed E-state index contributed by atoms with van der Waals surface area (Å²) < 4.78 is 10.8. The number of methoxy groups -OCH3 is 1. The van der Waals surface area contributed by atoms with Crippen LogP contribution in [0.3, 0.4) is 0 Å². The van der Waals surface area contributed by atoms with Crippen LogP contribution in [-0.2, 0) is 23.9 Å². The number of nitrogens with one attached hydrogen (secondary N) is 1. The molecule has 0 saturated carbocycles. The summed E-state index contributed by atoms with van der Waals surface area (Å²) >= 11 is 0. The van der Waals surface area contributed by atoms with Gasteiger partial charge in [-0.2, -0.15) is 0 Å². The Kier molecular flexibility index (Phi) is 19.6. The van der Waals surface area contributed by atoms with Crippen molar-refractivity contribution in [3.05, 3.63) is 12.2 Å². The molecule has 1 fully saturated rings. The van der Waals surface area contributed by atoms with E-state index in [0.717, 1.165) is 32.1 Å². The second kappa shape index (κ2) is 21.7. The van der Waals surface area contributed by atoms with Crippen LogP contribution in [0.25, 0.3) is 0 Å². The standard InChI is InChI=1S/C32H58N2O7/c1-6-7-8-9-10-11-12-13-14-15-16-20-27(35)41-26(22-21-24(2)3)28(36)29(37)30(40-5)31(38)33-25-19-17-18-23-34(4)32(25)39/h21-22,24-26,28-30,36-37H,6-20,23H2,1-5H3,(H,33,38)/b22-21+/t25-,26-,28-,29-,30-/m1/s1. The Hall–Kier alpha value is -1.97. The third kappa shape index (κ3) is 15.2. The fourth-order valence-corrected chi connectivity index (χ4v) is 5.06. The van der Waals surface area contributed by atoms with Crippen molar-refractivity contribution in [3.63, 3.8) is 0 Å². The van der Waals surface area contributed by atoms with Gasteiger partial charge in [0.05, 0.1) is 0 Å². The number of hydrogen-bond acceptors (Lipinski definition) is 7. The highest BCUT2D eigenvalue weighted by molar-refractivity contribution is 5.89. The number of allylic oxidation sites excluding steroid dienone is 1. The molecule has 1 aliphatic heterocycles. The summed E-state index contributed by atoms with van der Waals surface area (Å²) in [6.07, 6.45) is 12.7. The zero-order valence-electron chi connectivity index (χ0n) is 26.3. The van der Waals surface area contributed by atoms with Crippen molar-refractivity contribution in [1.29, 1.82) is 0 Å². The molecule has 3 N–H and O–H groups in total. The van der Waals surface area contributed by atoms with E-state index in [1.165, 1.54) is 52.1 Å². The molecule has 0 unspecified atom stereocenters. The summed E-state index contributed by atoms with van der Waals surface area (Å²) in [5.41, 5.74) is 0. The minimum Gasteiger partial charge on any atom is -0.455 e. The maximum Gasteiger partial charge on any atom is 0.306 e. The summed E-state index contributed by atoms with van der Waals surface area (Å²) in [4.78, 5) is 39.8. The molecule has 238 valence electrons. The Morgan fingerprint density at radius 1 is 0.951 bits per heavy atom. The first-order valence-corrected chi connectivity index (χ1v) is 15.9. The molecule has 0 radical (unpaired) electrons. The van der Waals surface area contributed by atoms with E-state index in [0.29, 0.717) is 19.4 Å². The molecule has 0 spiro atoms. The van der Waals surface area contributed by atoms with Crippen molar-refractivity contribution in [3.8, 4) is 0 Å². The van der Waals surface area contributed by atoms with Crippen LogP contribution in [0.1, 0.15) is 117 Å². The zero-order chi connectivity index (χ0) is 30.6. The lowest BCUT2D eigenvalue weighted by molar-refractivity contribution is -0.164. The Labute approximate surface area is 248 Å². The van der Waals surface area contributed by atoms with Crippen molar-refractivity contribution < 1.29 is 34.1 Å². The third-order valence-electron chi connectivity index (χ3n) is 7.67. The minimum atomic E-state index is -1.69. The molecule has 0 bridgehead atoms. The molecular weight excluding hydrogens is 524 g/mol. The molecule has 0 aromatic carbocycles. The molecule has 0 aromatic rings. The van der Waals surface area contributed by atoms with E-state index < -0.39 is 42.3 Å². The van der Waals surface area contributed by atoms with Gasteiger partial charge < -0.3 is 29.9 Å². The van der Waals surface area contributed by atoms with Gasteiger partial charge in [0.1, 0.15) is 24.4 Å². The highest BCUT2D eigenvalue weighted by Crippen LogP contribution is 2.17. The van der Waals surface area contributed by atoms with Gasteiger partial charge in [0.25, 0.3) is 5.91 Å². The molecule has 1 aliphatic rings. The average molecular weight is 583 g/mol. The number of carbonyl (C=O) groups is 3. The van der Waals surface area contributed by atoms with Crippen molar-refractivity contribution in [2.45, 2.75) is 148 Å². The van der Waals surface area contributed by atoms with Crippen LogP contribution < -0.4 is 5.32 Å². The third-order valence-corrected chi connectivity index (χ3v) is 7.67. The molecule has 1 rings (SSSR count). The Bertz CT molecular complexity index is 773. The lowest BCUT2D eigenvalue weighted by Gasteiger charge is -2.30. The molecule has 1 saturated heterocycles. The quantitative estimate of drug-likeness (QED) is 0.102. The van der Waals surface area contributed by atoms with Crippen LogP contribution in [0.2, 0.25) is 0 Å². The van der Waals surface area contributed by atoms with Crippen molar-refractivity contribution >= 4 is 17.8 Å². The van der Waals surface area contributed by atoms with Gasteiger partial charge in [-0.15, -0.1) is 0 Å². The van der Waals surface area contributed by atoms with Crippen molar-refractivity contribution in [2.24, 2.45) is 5.92 Å². The van der Waals surface area contributed by atoms with Crippen LogP contribution >= 0.6 is 0 Å². The predicted octanol–water partition coefficient (Wildman–Crippen LogP) is 4.68. The molecule has 1 heterocycles. The number of nitrogens with zero attached hydrogens (tertiary/aromatic N) is 1. The van der Waals surface area contributed by atoms with E-state index in [1.807, 2.05) is 13.8 Å². The second-order valence-corrected chi connectivity index (χ2v) is 11.8. The number of likely N-dealkylation sites (N-methyl/N-ethyl adjacent to an activating group) is 1. The summed E-state index contributed by atoms with van der Waals surface area (Å²) in [6, 6.07) is -0.725. The summed E-state index contributed by atoms with van der Waals surface area (Å²) in [5.74, 6) is -1.25. The van der Waals surface area contributed by atoms with Crippen molar-refractivity contribution in [2.75, 3.05) is 20.7 Å². The Morgan fingerprint density at radius 3 is 2.10 bits per heavy atom.